The van der Waals surface area contributed by atoms with Crippen LogP contribution in [-0.2, 0) is 6.42 Å². The normalized spacial score (nSPS) is 26.1. The predicted octanol–water partition coefficient (Wildman–Crippen LogP) is 4.15. The van der Waals surface area contributed by atoms with Gasteiger partial charge in [-0.1, -0.05) is 20.3 Å². The summed E-state index contributed by atoms with van der Waals surface area (Å²) in [7, 11) is 2.05. The SMILES string of the molecule is CNC1CCCCc2nc(C3CCC(C)(C)CC3)ncc21. The Bertz CT molecular complexity index is 485. The zero-order chi connectivity index (χ0) is 14.9. The summed E-state index contributed by atoms with van der Waals surface area (Å²) in [4.78, 5) is 9.74. The van der Waals surface area contributed by atoms with Gasteiger partial charge in [0.15, 0.2) is 0 Å². The van der Waals surface area contributed by atoms with E-state index in [9.17, 15) is 0 Å². The molecular weight excluding hydrogens is 258 g/mol. The second kappa shape index (κ2) is 6.04. The van der Waals surface area contributed by atoms with Gasteiger partial charge in [0, 0.05) is 29.4 Å². The Morgan fingerprint density at radius 2 is 1.90 bits per heavy atom. The minimum Gasteiger partial charge on any atom is -0.313 e. The van der Waals surface area contributed by atoms with Gasteiger partial charge in [-0.2, -0.15) is 0 Å². The zero-order valence-electron chi connectivity index (χ0n) is 13.8. The number of nitrogens with one attached hydrogen (secondary N) is 1. The van der Waals surface area contributed by atoms with Crippen LogP contribution >= 0.6 is 0 Å². The number of rotatable bonds is 2. The highest BCUT2D eigenvalue weighted by Crippen LogP contribution is 2.41. The molecule has 2 aliphatic rings. The van der Waals surface area contributed by atoms with Gasteiger partial charge in [-0.15, -0.1) is 0 Å². The summed E-state index contributed by atoms with van der Waals surface area (Å²) in [6, 6.07) is 0.446. The molecule has 0 saturated heterocycles. The van der Waals surface area contributed by atoms with Gasteiger partial charge in [-0.25, -0.2) is 9.97 Å². The monoisotopic (exact) mass is 287 g/mol. The molecule has 116 valence electrons. The Labute approximate surface area is 129 Å². The number of aryl methyl sites for hydroxylation is 1. The van der Waals surface area contributed by atoms with E-state index >= 15 is 0 Å². The van der Waals surface area contributed by atoms with Crippen LogP contribution in [0.2, 0.25) is 0 Å². The smallest absolute Gasteiger partial charge is 0.131 e. The minimum atomic E-state index is 0.446. The maximum Gasteiger partial charge on any atom is 0.131 e. The molecule has 1 atom stereocenters. The molecule has 0 aliphatic heterocycles. The third kappa shape index (κ3) is 3.28. The van der Waals surface area contributed by atoms with Crippen molar-refractivity contribution in [1.29, 1.82) is 0 Å². The van der Waals surface area contributed by atoms with Gasteiger partial charge in [-0.05, 0) is 57.4 Å². The Morgan fingerprint density at radius 1 is 1.14 bits per heavy atom. The zero-order valence-corrected chi connectivity index (χ0v) is 13.8. The molecule has 2 aliphatic carbocycles. The van der Waals surface area contributed by atoms with E-state index in [2.05, 4.69) is 32.4 Å². The van der Waals surface area contributed by atoms with Crippen LogP contribution in [0.4, 0.5) is 0 Å². The Balaban J connectivity index is 1.81. The average molecular weight is 287 g/mol. The Morgan fingerprint density at radius 3 is 2.62 bits per heavy atom. The summed E-state index contributed by atoms with van der Waals surface area (Å²) in [5, 5.41) is 3.43. The topological polar surface area (TPSA) is 37.8 Å². The van der Waals surface area contributed by atoms with Crippen LogP contribution < -0.4 is 5.32 Å². The van der Waals surface area contributed by atoms with Crippen molar-refractivity contribution in [2.75, 3.05) is 7.05 Å². The quantitative estimate of drug-likeness (QED) is 0.830. The molecule has 1 aromatic heterocycles. The molecule has 0 bridgehead atoms. The molecular formula is C18H29N3. The molecule has 0 amide bonds. The van der Waals surface area contributed by atoms with Crippen molar-refractivity contribution in [3.63, 3.8) is 0 Å². The van der Waals surface area contributed by atoms with E-state index in [1.165, 1.54) is 56.2 Å². The van der Waals surface area contributed by atoms with Crippen molar-refractivity contribution < 1.29 is 0 Å². The Hall–Kier alpha value is -0.960. The van der Waals surface area contributed by atoms with E-state index in [0.29, 0.717) is 17.4 Å². The minimum absolute atomic E-state index is 0.446. The van der Waals surface area contributed by atoms with Gasteiger partial charge in [0.25, 0.3) is 0 Å². The van der Waals surface area contributed by atoms with Gasteiger partial charge < -0.3 is 5.32 Å². The highest BCUT2D eigenvalue weighted by atomic mass is 14.9. The highest BCUT2D eigenvalue weighted by molar-refractivity contribution is 5.24. The molecule has 3 rings (SSSR count). The van der Waals surface area contributed by atoms with Gasteiger partial charge in [0.05, 0.1) is 0 Å². The first-order valence-electron chi connectivity index (χ1n) is 8.62. The van der Waals surface area contributed by atoms with Crippen LogP contribution in [0.15, 0.2) is 6.20 Å². The first-order chi connectivity index (χ1) is 10.1. The van der Waals surface area contributed by atoms with E-state index in [4.69, 9.17) is 9.97 Å². The van der Waals surface area contributed by atoms with E-state index in [0.717, 1.165) is 12.2 Å². The summed E-state index contributed by atoms with van der Waals surface area (Å²) >= 11 is 0. The fraction of sp³-hybridized carbons (Fsp3) is 0.778. The fourth-order valence-electron chi connectivity index (χ4n) is 3.88. The van der Waals surface area contributed by atoms with Gasteiger partial charge in [0.2, 0.25) is 0 Å². The molecule has 21 heavy (non-hydrogen) atoms. The first kappa shape index (κ1) is 15.0. The second-order valence-electron chi connectivity index (χ2n) is 7.66. The third-order valence-electron chi connectivity index (χ3n) is 5.50. The summed E-state index contributed by atoms with van der Waals surface area (Å²) in [6.45, 7) is 4.78. The largest absolute Gasteiger partial charge is 0.313 e. The standard InChI is InChI=1S/C18H29N3/c1-18(2)10-8-13(9-11-18)17-20-12-14-15(19-3)6-4-5-7-16(14)21-17/h12-13,15,19H,4-11H2,1-3H3. The maximum absolute atomic E-state index is 4.99. The number of fused-ring (bicyclic) bond motifs is 1. The van der Waals surface area contributed by atoms with Crippen molar-refractivity contribution in [3.05, 3.63) is 23.3 Å². The van der Waals surface area contributed by atoms with Crippen LogP contribution in [-0.4, -0.2) is 17.0 Å². The van der Waals surface area contributed by atoms with Crippen LogP contribution in [0.3, 0.4) is 0 Å². The third-order valence-corrected chi connectivity index (χ3v) is 5.50. The molecule has 0 radical (unpaired) electrons. The van der Waals surface area contributed by atoms with Crippen LogP contribution in [0.1, 0.15) is 87.8 Å². The summed E-state index contributed by atoms with van der Waals surface area (Å²) in [5.74, 6) is 1.70. The van der Waals surface area contributed by atoms with Crippen molar-refractivity contribution >= 4 is 0 Å². The van der Waals surface area contributed by atoms with Crippen LogP contribution in [0, 0.1) is 5.41 Å². The van der Waals surface area contributed by atoms with Gasteiger partial charge in [-0.3, -0.25) is 0 Å². The fourth-order valence-corrected chi connectivity index (χ4v) is 3.88. The maximum atomic E-state index is 4.99. The van der Waals surface area contributed by atoms with Crippen molar-refractivity contribution in [1.82, 2.24) is 15.3 Å². The number of nitrogens with zero attached hydrogens (tertiary/aromatic N) is 2. The molecule has 1 fully saturated rings. The average Bonchev–Trinajstić information content (AvgIpc) is 2.68. The summed E-state index contributed by atoms with van der Waals surface area (Å²) < 4.78 is 0. The first-order valence-corrected chi connectivity index (χ1v) is 8.62. The lowest BCUT2D eigenvalue weighted by Gasteiger charge is -2.33. The molecule has 0 spiro atoms. The summed E-state index contributed by atoms with van der Waals surface area (Å²) in [5.41, 5.74) is 3.16. The molecule has 3 heteroatoms. The van der Waals surface area contributed by atoms with E-state index < -0.39 is 0 Å². The lowest BCUT2D eigenvalue weighted by molar-refractivity contribution is 0.220. The van der Waals surface area contributed by atoms with E-state index in [1.54, 1.807) is 0 Å². The molecule has 3 nitrogen and oxygen atoms in total. The molecule has 1 N–H and O–H groups in total. The van der Waals surface area contributed by atoms with Crippen molar-refractivity contribution in [3.8, 4) is 0 Å². The van der Waals surface area contributed by atoms with E-state index in [1.807, 2.05) is 0 Å². The van der Waals surface area contributed by atoms with Crippen molar-refractivity contribution in [2.45, 2.75) is 77.2 Å². The van der Waals surface area contributed by atoms with Crippen LogP contribution in [0.5, 0.6) is 0 Å². The number of hydrogen-bond acceptors (Lipinski definition) is 3. The van der Waals surface area contributed by atoms with Crippen LogP contribution in [0.25, 0.3) is 0 Å². The predicted molar refractivity (Wildman–Crippen MR) is 86.4 cm³/mol. The molecule has 1 unspecified atom stereocenters. The van der Waals surface area contributed by atoms with Crippen molar-refractivity contribution in [2.24, 2.45) is 5.41 Å². The van der Waals surface area contributed by atoms with Gasteiger partial charge in [0.1, 0.15) is 5.82 Å². The Kier molecular flexibility index (Phi) is 4.30. The highest BCUT2D eigenvalue weighted by Gasteiger charge is 2.29. The molecule has 1 aromatic rings. The van der Waals surface area contributed by atoms with Gasteiger partial charge >= 0.3 is 0 Å². The molecule has 1 heterocycles. The van der Waals surface area contributed by atoms with E-state index in [-0.39, 0.29) is 0 Å². The number of hydrogen-bond donors (Lipinski definition) is 1. The lowest BCUT2D eigenvalue weighted by Crippen LogP contribution is -2.22. The summed E-state index contributed by atoms with van der Waals surface area (Å²) in [6.07, 6.45) is 12.1. The molecule has 1 saturated carbocycles. The molecule has 0 aromatic carbocycles. The number of aromatic nitrogens is 2. The lowest BCUT2D eigenvalue weighted by atomic mass is 9.73. The second-order valence-corrected chi connectivity index (χ2v) is 7.66.